The number of nitrogens with one attached hydrogen (secondary N) is 1. The quantitative estimate of drug-likeness (QED) is 0.763. The fourth-order valence-electron chi connectivity index (χ4n) is 3.50. The van der Waals surface area contributed by atoms with Crippen molar-refractivity contribution in [1.29, 1.82) is 0 Å². The third-order valence-electron chi connectivity index (χ3n) is 4.94. The van der Waals surface area contributed by atoms with Gasteiger partial charge in [-0.25, -0.2) is 9.50 Å². The van der Waals surface area contributed by atoms with E-state index in [1.165, 1.54) is 10.6 Å². The highest BCUT2D eigenvalue weighted by atomic mass is 16.2. The lowest BCUT2D eigenvalue weighted by Crippen LogP contribution is -2.31. The molecule has 8 heteroatoms. The molecule has 0 aromatic carbocycles. The number of amides is 1. The molecule has 3 aromatic heterocycles. The van der Waals surface area contributed by atoms with Gasteiger partial charge in [-0.2, -0.15) is 5.10 Å². The number of aromatic amines is 1. The van der Waals surface area contributed by atoms with Gasteiger partial charge in [-0.15, -0.1) is 0 Å². The van der Waals surface area contributed by atoms with Crippen molar-refractivity contribution in [2.24, 2.45) is 7.05 Å². The van der Waals surface area contributed by atoms with Gasteiger partial charge in [-0.05, 0) is 26.7 Å². The van der Waals surface area contributed by atoms with Crippen molar-refractivity contribution in [1.82, 2.24) is 29.3 Å². The number of rotatable bonds is 2. The fraction of sp³-hybridized carbons (Fsp3) is 0.412. The van der Waals surface area contributed by atoms with Crippen molar-refractivity contribution in [2.75, 3.05) is 6.54 Å². The van der Waals surface area contributed by atoms with E-state index in [0.29, 0.717) is 23.4 Å². The summed E-state index contributed by atoms with van der Waals surface area (Å²) in [6.45, 7) is 4.37. The summed E-state index contributed by atoms with van der Waals surface area (Å²) in [7, 11) is 1.83. The molecule has 1 N–H and O–H groups in total. The normalized spacial score (nSPS) is 17.6. The van der Waals surface area contributed by atoms with E-state index in [1.54, 1.807) is 17.8 Å². The number of carbonyl (C=O) groups is 1. The number of carbonyl (C=O) groups excluding carboxylic acids is 1. The Hall–Kier alpha value is -2.90. The number of likely N-dealkylation sites (tertiary alicyclic amines) is 1. The molecule has 1 amide bonds. The van der Waals surface area contributed by atoms with Crippen LogP contribution in [0.3, 0.4) is 0 Å². The highest BCUT2D eigenvalue weighted by molar-refractivity contribution is 5.95. The zero-order valence-corrected chi connectivity index (χ0v) is 14.5. The molecule has 3 aromatic rings. The van der Waals surface area contributed by atoms with Gasteiger partial charge in [-0.3, -0.25) is 19.4 Å². The van der Waals surface area contributed by atoms with Gasteiger partial charge >= 0.3 is 0 Å². The Morgan fingerprint density at radius 3 is 2.84 bits per heavy atom. The number of nitrogens with zero attached hydrogens (tertiary/aromatic N) is 5. The molecule has 1 aliphatic heterocycles. The summed E-state index contributed by atoms with van der Waals surface area (Å²) in [5, 5.41) is 7.28. The van der Waals surface area contributed by atoms with Crippen LogP contribution in [-0.2, 0) is 7.05 Å². The second kappa shape index (κ2) is 5.58. The molecule has 0 bridgehead atoms. The monoisotopic (exact) mass is 340 g/mol. The maximum atomic E-state index is 13.0. The van der Waals surface area contributed by atoms with Crippen LogP contribution in [0.1, 0.15) is 46.3 Å². The molecule has 4 rings (SSSR count). The molecule has 1 aliphatic rings. The minimum atomic E-state index is -0.146. The standard InChI is InChI=1S/C17H20N6O2/c1-10-7-16(24)23-15(19-10)8-13(20-23)14-5-4-6-22(14)17(25)12-9-18-21(3)11(12)2/h7-9,14,20H,4-6H2,1-3H3/t14-/m0/s1. The molecule has 0 unspecified atom stereocenters. The van der Waals surface area contributed by atoms with Gasteiger partial charge in [0.15, 0.2) is 5.65 Å². The highest BCUT2D eigenvalue weighted by Gasteiger charge is 2.33. The molecule has 25 heavy (non-hydrogen) atoms. The van der Waals surface area contributed by atoms with Gasteiger partial charge in [0.2, 0.25) is 0 Å². The Morgan fingerprint density at radius 2 is 2.12 bits per heavy atom. The van der Waals surface area contributed by atoms with Crippen LogP contribution >= 0.6 is 0 Å². The largest absolute Gasteiger partial charge is 0.330 e. The second-order valence-electron chi connectivity index (χ2n) is 6.56. The molecule has 0 aliphatic carbocycles. The molecular weight excluding hydrogens is 320 g/mol. The smallest absolute Gasteiger partial charge is 0.272 e. The molecule has 1 atom stereocenters. The van der Waals surface area contributed by atoms with Crippen LogP contribution in [-0.4, -0.2) is 41.7 Å². The number of aromatic nitrogens is 5. The van der Waals surface area contributed by atoms with Gasteiger partial charge < -0.3 is 4.90 Å². The number of hydrogen-bond donors (Lipinski definition) is 1. The first-order chi connectivity index (χ1) is 12.0. The number of hydrogen-bond acceptors (Lipinski definition) is 4. The average molecular weight is 340 g/mol. The van der Waals surface area contributed by atoms with Gasteiger partial charge in [-0.1, -0.05) is 0 Å². The molecule has 0 spiro atoms. The maximum Gasteiger partial charge on any atom is 0.272 e. The summed E-state index contributed by atoms with van der Waals surface area (Å²) in [6, 6.07) is 3.26. The molecule has 1 fully saturated rings. The topological polar surface area (TPSA) is 88.3 Å². The molecule has 0 radical (unpaired) electrons. The Labute approximate surface area is 144 Å². The van der Waals surface area contributed by atoms with Gasteiger partial charge in [0.25, 0.3) is 11.5 Å². The molecular formula is C17H20N6O2. The predicted octanol–water partition coefficient (Wildman–Crippen LogP) is 1.35. The first-order valence-corrected chi connectivity index (χ1v) is 8.34. The van der Waals surface area contributed by atoms with Crippen molar-refractivity contribution >= 4 is 11.6 Å². The lowest BCUT2D eigenvalue weighted by Gasteiger charge is -2.23. The fourth-order valence-corrected chi connectivity index (χ4v) is 3.50. The first kappa shape index (κ1) is 15.6. The van der Waals surface area contributed by atoms with Gasteiger partial charge in [0.05, 0.1) is 23.5 Å². The van der Waals surface area contributed by atoms with Crippen LogP contribution in [0.5, 0.6) is 0 Å². The molecule has 1 saturated heterocycles. The molecule has 4 heterocycles. The van der Waals surface area contributed by atoms with Crippen molar-refractivity contribution in [3.63, 3.8) is 0 Å². The number of H-pyrrole nitrogens is 1. The summed E-state index contributed by atoms with van der Waals surface area (Å²) >= 11 is 0. The molecule has 8 nitrogen and oxygen atoms in total. The van der Waals surface area contributed by atoms with Crippen LogP contribution in [0.15, 0.2) is 23.1 Å². The lowest BCUT2D eigenvalue weighted by atomic mass is 10.1. The molecule has 130 valence electrons. The van der Waals surface area contributed by atoms with E-state index >= 15 is 0 Å². The van der Waals surface area contributed by atoms with E-state index in [4.69, 9.17) is 0 Å². The Balaban J connectivity index is 1.72. The number of fused-ring (bicyclic) bond motifs is 1. The van der Waals surface area contributed by atoms with Crippen LogP contribution in [0, 0.1) is 13.8 Å². The third kappa shape index (κ3) is 2.45. The zero-order valence-electron chi connectivity index (χ0n) is 14.5. The van der Waals surface area contributed by atoms with E-state index in [0.717, 1.165) is 24.2 Å². The third-order valence-corrected chi connectivity index (χ3v) is 4.94. The Morgan fingerprint density at radius 1 is 1.32 bits per heavy atom. The number of aryl methyl sites for hydroxylation is 2. The van der Waals surface area contributed by atoms with Gasteiger partial charge in [0.1, 0.15) is 0 Å². The van der Waals surface area contributed by atoms with Crippen molar-refractivity contribution in [3.8, 4) is 0 Å². The second-order valence-corrected chi connectivity index (χ2v) is 6.56. The summed E-state index contributed by atoms with van der Waals surface area (Å²) in [6.07, 6.45) is 3.39. The van der Waals surface area contributed by atoms with Crippen LogP contribution in [0.25, 0.3) is 5.65 Å². The minimum absolute atomic E-state index is 0.0248. The summed E-state index contributed by atoms with van der Waals surface area (Å²) in [4.78, 5) is 31.3. The van der Waals surface area contributed by atoms with E-state index < -0.39 is 0 Å². The van der Waals surface area contributed by atoms with Crippen molar-refractivity contribution in [2.45, 2.75) is 32.7 Å². The van der Waals surface area contributed by atoms with Crippen molar-refractivity contribution in [3.05, 3.63) is 51.3 Å². The summed E-state index contributed by atoms with van der Waals surface area (Å²) in [5.41, 5.74) is 3.42. The van der Waals surface area contributed by atoms with Crippen LogP contribution in [0.2, 0.25) is 0 Å². The van der Waals surface area contributed by atoms with Crippen LogP contribution in [0.4, 0.5) is 0 Å². The predicted molar refractivity (Wildman–Crippen MR) is 91.5 cm³/mol. The lowest BCUT2D eigenvalue weighted by molar-refractivity contribution is 0.0732. The van der Waals surface area contributed by atoms with Gasteiger partial charge in [0, 0.05) is 37.1 Å². The van der Waals surface area contributed by atoms with Crippen molar-refractivity contribution < 1.29 is 4.79 Å². The zero-order chi connectivity index (χ0) is 17.7. The average Bonchev–Trinajstić information content (AvgIpc) is 3.26. The highest BCUT2D eigenvalue weighted by Crippen LogP contribution is 2.33. The Bertz CT molecular complexity index is 1030. The van der Waals surface area contributed by atoms with E-state index in [1.807, 2.05) is 24.9 Å². The molecule has 0 saturated carbocycles. The van der Waals surface area contributed by atoms with E-state index in [2.05, 4.69) is 15.2 Å². The first-order valence-electron chi connectivity index (χ1n) is 8.34. The summed E-state index contributed by atoms with van der Waals surface area (Å²) < 4.78 is 3.13. The SMILES string of the molecule is Cc1cc(=O)n2[nH]c([C@@H]3CCCN3C(=O)c3cnn(C)c3C)cc2n1. The summed E-state index contributed by atoms with van der Waals surface area (Å²) in [5.74, 6) is -0.0248. The van der Waals surface area contributed by atoms with E-state index in [-0.39, 0.29) is 17.5 Å². The maximum absolute atomic E-state index is 13.0. The van der Waals surface area contributed by atoms with E-state index in [9.17, 15) is 9.59 Å². The Kier molecular flexibility index (Phi) is 3.48. The van der Waals surface area contributed by atoms with Crippen LogP contribution < -0.4 is 5.56 Å². The minimum Gasteiger partial charge on any atom is -0.330 e.